The van der Waals surface area contributed by atoms with Crippen molar-refractivity contribution in [2.24, 2.45) is 0 Å². The molecule has 8 nitrogen and oxygen atoms in total. The Bertz CT molecular complexity index is 1110. The number of aliphatic hydroxyl groups is 1. The van der Waals surface area contributed by atoms with Crippen LogP contribution in [0.4, 0.5) is 0 Å². The molecule has 0 radical (unpaired) electrons. The number of amides is 1. The number of esters is 1. The van der Waals surface area contributed by atoms with Crippen LogP contribution in [0.3, 0.4) is 0 Å². The number of Topliss-reactive ketones (excluding diaryl/α,β-unsaturated/α-hetero) is 1. The summed E-state index contributed by atoms with van der Waals surface area (Å²) in [6, 6.07) is 12.6. The fraction of sp³-hybridized carbons (Fsp3) is 0.320. The minimum atomic E-state index is -0.781. The minimum Gasteiger partial charge on any atom is -0.507 e. The largest absolute Gasteiger partial charge is 0.507 e. The normalized spacial score (nSPS) is 20.5. The molecule has 0 aliphatic carbocycles. The number of carbonyl (C=O) groups excluding carboxylic acids is 3. The SMILES string of the molecule is COC(=O)c1ccc([C@H]2C(=C(O)c3ccc(Br)cc3)C(=O)C(=O)N2CCN2CCOCC2)cc1. The van der Waals surface area contributed by atoms with E-state index < -0.39 is 23.7 Å². The standard InChI is InChI=1S/C25H25BrN2O6/c1-33-25(32)18-4-2-16(3-5-18)21-20(22(29)17-6-8-19(26)9-7-17)23(30)24(31)28(21)11-10-27-12-14-34-15-13-27/h2-9,21,29H,10-15H2,1H3/t21-/m0/s1. The van der Waals surface area contributed by atoms with E-state index in [0.29, 0.717) is 43.0 Å². The van der Waals surface area contributed by atoms with Gasteiger partial charge in [0.2, 0.25) is 0 Å². The molecule has 2 heterocycles. The summed E-state index contributed by atoms with van der Waals surface area (Å²) in [6.45, 7) is 3.64. The highest BCUT2D eigenvalue weighted by molar-refractivity contribution is 9.10. The van der Waals surface area contributed by atoms with Crippen molar-refractivity contribution in [3.63, 3.8) is 0 Å². The number of ether oxygens (including phenoxy) is 2. The first-order valence-electron chi connectivity index (χ1n) is 10.9. The third-order valence-corrected chi connectivity index (χ3v) is 6.59. The van der Waals surface area contributed by atoms with Crippen molar-refractivity contribution in [2.45, 2.75) is 6.04 Å². The lowest BCUT2D eigenvalue weighted by Crippen LogP contribution is -2.42. The molecular formula is C25H25BrN2O6. The number of aliphatic hydroxyl groups excluding tert-OH is 1. The van der Waals surface area contributed by atoms with Crippen LogP contribution >= 0.6 is 15.9 Å². The predicted octanol–water partition coefficient (Wildman–Crippen LogP) is 2.99. The van der Waals surface area contributed by atoms with Gasteiger partial charge in [-0.2, -0.15) is 0 Å². The van der Waals surface area contributed by atoms with E-state index in [9.17, 15) is 19.5 Å². The minimum absolute atomic E-state index is 0.0279. The number of benzene rings is 2. The van der Waals surface area contributed by atoms with Gasteiger partial charge in [-0.15, -0.1) is 0 Å². The van der Waals surface area contributed by atoms with Crippen LogP contribution in [-0.4, -0.2) is 79.1 Å². The second kappa shape index (κ2) is 10.5. The monoisotopic (exact) mass is 528 g/mol. The topological polar surface area (TPSA) is 96.4 Å². The summed E-state index contributed by atoms with van der Waals surface area (Å²) in [5, 5.41) is 11.1. The van der Waals surface area contributed by atoms with Crippen molar-refractivity contribution >= 4 is 39.3 Å². The van der Waals surface area contributed by atoms with E-state index in [0.717, 1.165) is 17.6 Å². The van der Waals surface area contributed by atoms with Gasteiger partial charge in [-0.3, -0.25) is 14.5 Å². The zero-order chi connectivity index (χ0) is 24.2. The number of methoxy groups -OCH3 is 1. The lowest BCUT2D eigenvalue weighted by Gasteiger charge is -2.31. The van der Waals surface area contributed by atoms with Crippen LogP contribution in [0, 0.1) is 0 Å². The molecule has 178 valence electrons. The molecule has 1 amide bonds. The summed E-state index contributed by atoms with van der Waals surface area (Å²) in [7, 11) is 1.30. The number of likely N-dealkylation sites (tertiary alicyclic amines) is 1. The average Bonchev–Trinajstić information content (AvgIpc) is 3.12. The summed E-state index contributed by atoms with van der Waals surface area (Å²) in [5.74, 6) is -2.11. The maximum Gasteiger partial charge on any atom is 0.337 e. The number of hydrogen-bond acceptors (Lipinski definition) is 7. The summed E-state index contributed by atoms with van der Waals surface area (Å²) in [5.41, 5.74) is 1.43. The van der Waals surface area contributed by atoms with E-state index in [1.807, 2.05) is 0 Å². The smallest absolute Gasteiger partial charge is 0.337 e. The van der Waals surface area contributed by atoms with E-state index in [1.54, 1.807) is 48.5 Å². The molecule has 0 spiro atoms. The summed E-state index contributed by atoms with van der Waals surface area (Å²) < 4.78 is 11.0. The second-order valence-corrected chi connectivity index (χ2v) is 8.98. The third-order valence-electron chi connectivity index (χ3n) is 6.07. The fourth-order valence-corrected chi connectivity index (χ4v) is 4.48. The molecule has 1 N–H and O–H groups in total. The molecule has 34 heavy (non-hydrogen) atoms. The highest BCUT2D eigenvalue weighted by Gasteiger charge is 2.46. The Hall–Kier alpha value is -3.01. The Morgan fingerprint density at radius 3 is 2.26 bits per heavy atom. The molecule has 2 aliphatic rings. The maximum absolute atomic E-state index is 13.1. The molecule has 0 bridgehead atoms. The van der Waals surface area contributed by atoms with Crippen molar-refractivity contribution in [3.8, 4) is 0 Å². The number of rotatable bonds is 6. The van der Waals surface area contributed by atoms with E-state index in [2.05, 4.69) is 20.8 Å². The van der Waals surface area contributed by atoms with Gasteiger partial charge in [0, 0.05) is 36.2 Å². The number of nitrogens with zero attached hydrogens (tertiary/aromatic N) is 2. The summed E-state index contributed by atoms with van der Waals surface area (Å²) in [4.78, 5) is 41.8. The van der Waals surface area contributed by atoms with E-state index in [-0.39, 0.29) is 11.3 Å². The van der Waals surface area contributed by atoms with Gasteiger partial charge in [-0.25, -0.2) is 4.79 Å². The Morgan fingerprint density at radius 2 is 1.65 bits per heavy atom. The number of halogens is 1. The fourth-order valence-electron chi connectivity index (χ4n) is 4.21. The Morgan fingerprint density at radius 1 is 1.03 bits per heavy atom. The van der Waals surface area contributed by atoms with Crippen molar-refractivity contribution in [2.75, 3.05) is 46.5 Å². The van der Waals surface area contributed by atoms with Gasteiger partial charge >= 0.3 is 5.97 Å². The van der Waals surface area contributed by atoms with Gasteiger partial charge in [0.25, 0.3) is 11.7 Å². The van der Waals surface area contributed by atoms with Crippen molar-refractivity contribution < 1.29 is 29.0 Å². The third kappa shape index (κ3) is 4.91. The molecular weight excluding hydrogens is 504 g/mol. The molecule has 0 unspecified atom stereocenters. The molecule has 4 rings (SSSR count). The molecule has 9 heteroatoms. The van der Waals surface area contributed by atoms with Gasteiger partial charge in [0.05, 0.1) is 37.5 Å². The number of hydrogen-bond donors (Lipinski definition) is 1. The highest BCUT2D eigenvalue weighted by atomic mass is 79.9. The second-order valence-electron chi connectivity index (χ2n) is 8.07. The van der Waals surface area contributed by atoms with E-state index >= 15 is 0 Å². The van der Waals surface area contributed by atoms with Crippen LogP contribution in [0.25, 0.3) is 5.76 Å². The van der Waals surface area contributed by atoms with Gasteiger partial charge in [-0.05, 0) is 29.8 Å². The van der Waals surface area contributed by atoms with Gasteiger partial charge < -0.3 is 19.5 Å². The molecule has 1 atom stereocenters. The molecule has 0 aromatic heterocycles. The van der Waals surface area contributed by atoms with E-state index in [4.69, 9.17) is 9.47 Å². The molecule has 2 aliphatic heterocycles. The van der Waals surface area contributed by atoms with Crippen LogP contribution < -0.4 is 0 Å². The molecule has 2 aromatic rings. The Labute approximate surface area is 205 Å². The number of carbonyl (C=O) groups is 3. The summed E-state index contributed by atoms with van der Waals surface area (Å²) in [6.07, 6.45) is 0. The van der Waals surface area contributed by atoms with Crippen molar-refractivity contribution in [3.05, 3.63) is 75.3 Å². The lowest BCUT2D eigenvalue weighted by molar-refractivity contribution is -0.140. The molecule has 2 fully saturated rings. The van der Waals surface area contributed by atoms with Gasteiger partial charge in [0.15, 0.2) is 0 Å². The number of morpholine rings is 1. The van der Waals surface area contributed by atoms with Crippen molar-refractivity contribution in [1.29, 1.82) is 0 Å². The first-order valence-corrected chi connectivity index (χ1v) is 11.7. The predicted molar refractivity (Wildman–Crippen MR) is 128 cm³/mol. The molecule has 0 saturated carbocycles. The maximum atomic E-state index is 13.1. The lowest BCUT2D eigenvalue weighted by atomic mass is 9.94. The van der Waals surface area contributed by atoms with Gasteiger partial charge in [0.1, 0.15) is 5.76 Å². The number of ketones is 1. The van der Waals surface area contributed by atoms with Crippen molar-refractivity contribution in [1.82, 2.24) is 9.80 Å². The van der Waals surface area contributed by atoms with Crippen LogP contribution in [0.2, 0.25) is 0 Å². The first kappa shape index (κ1) is 24.1. The van der Waals surface area contributed by atoms with Gasteiger partial charge in [-0.1, -0.05) is 40.2 Å². The Kier molecular flexibility index (Phi) is 7.45. The zero-order valence-corrected chi connectivity index (χ0v) is 20.3. The molecule has 2 aromatic carbocycles. The van der Waals surface area contributed by atoms with Crippen LogP contribution in [0.1, 0.15) is 27.5 Å². The van der Waals surface area contributed by atoms with Crippen LogP contribution in [-0.2, 0) is 19.1 Å². The average molecular weight is 529 g/mol. The van der Waals surface area contributed by atoms with E-state index in [1.165, 1.54) is 12.0 Å². The molecule has 2 saturated heterocycles. The highest BCUT2D eigenvalue weighted by Crippen LogP contribution is 2.39. The quantitative estimate of drug-likeness (QED) is 0.266. The zero-order valence-electron chi connectivity index (χ0n) is 18.7. The first-order chi connectivity index (χ1) is 16.4. The Balaban J connectivity index is 1.73. The van der Waals surface area contributed by atoms with Crippen LogP contribution in [0.15, 0.2) is 58.6 Å². The van der Waals surface area contributed by atoms with Crippen LogP contribution in [0.5, 0.6) is 0 Å². The summed E-state index contributed by atoms with van der Waals surface area (Å²) >= 11 is 3.36.